The lowest BCUT2D eigenvalue weighted by Gasteiger charge is -2.12. The zero-order valence-corrected chi connectivity index (χ0v) is 12.2. The third-order valence-corrected chi connectivity index (χ3v) is 3.04. The van der Waals surface area contributed by atoms with Crippen molar-refractivity contribution in [2.24, 2.45) is 0 Å². The van der Waals surface area contributed by atoms with Crippen LogP contribution in [-0.4, -0.2) is 23.7 Å². The van der Waals surface area contributed by atoms with Crippen molar-refractivity contribution < 1.29 is 19.5 Å². The Morgan fingerprint density at radius 3 is 2.67 bits per heavy atom. The molecule has 0 spiro atoms. The molecule has 0 atom stereocenters. The number of ether oxygens (including phenoxy) is 2. The van der Waals surface area contributed by atoms with Gasteiger partial charge in [0.1, 0.15) is 0 Å². The predicted molar refractivity (Wildman–Crippen MR) is 79.7 cm³/mol. The number of rotatable bonds is 10. The Morgan fingerprint density at radius 1 is 1.33 bits per heavy atom. The lowest BCUT2D eigenvalue weighted by molar-refractivity contribution is -0.385. The van der Waals surface area contributed by atoms with Crippen LogP contribution < -0.4 is 9.47 Å². The average molecular weight is 295 g/mol. The molecule has 6 heteroatoms. The predicted octanol–water partition coefficient (Wildman–Crippen LogP) is 3.22. The molecule has 1 rings (SSSR count). The van der Waals surface area contributed by atoms with E-state index in [2.05, 4.69) is 6.58 Å². The molecule has 0 saturated heterocycles. The van der Waals surface area contributed by atoms with Gasteiger partial charge < -0.3 is 14.6 Å². The maximum atomic E-state index is 11.0. The Bertz CT molecular complexity index is 487. The van der Waals surface area contributed by atoms with Crippen LogP contribution in [0.1, 0.15) is 31.2 Å². The molecule has 0 bridgehead atoms. The molecule has 21 heavy (non-hydrogen) atoms. The summed E-state index contributed by atoms with van der Waals surface area (Å²) in [4.78, 5) is 10.4. The van der Waals surface area contributed by atoms with Gasteiger partial charge in [0.05, 0.1) is 36.9 Å². The Kier molecular flexibility index (Phi) is 7.25. The summed E-state index contributed by atoms with van der Waals surface area (Å²) in [6, 6.07) is 2.74. The smallest absolute Gasteiger partial charge is 0.278 e. The molecular formula is C15H21NO5. The van der Waals surface area contributed by atoms with Crippen molar-refractivity contribution in [1.29, 1.82) is 0 Å². The molecule has 0 aliphatic heterocycles. The number of benzene rings is 1. The van der Waals surface area contributed by atoms with Crippen molar-refractivity contribution in [3.63, 3.8) is 0 Å². The molecule has 0 fully saturated rings. The van der Waals surface area contributed by atoms with E-state index < -0.39 is 11.5 Å². The molecule has 0 aliphatic rings. The summed E-state index contributed by atoms with van der Waals surface area (Å²) in [5, 5.41) is 20.1. The SMILES string of the molecule is C=CCCCCCOc1cc([N+](=O)[O-])c(CO)cc1OC. The molecule has 6 nitrogen and oxygen atoms in total. The number of aliphatic hydroxyl groups excluding tert-OH is 1. The van der Waals surface area contributed by atoms with Crippen LogP contribution in [0, 0.1) is 10.1 Å². The summed E-state index contributed by atoms with van der Waals surface area (Å²) < 4.78 is 10.7. The van der Waals surface area contributed by atoms with Crippen LogP contribution in [0.25, 0.3) is 0 Å². The number of hydrogen-bond acceptors (Lipinski definition) is 5. The van der Waals surface area contributed by atoms with E-state index in [1.54, 1.807) is 0 Å². The molecule has 0 unspecified atom stereocenters. The van der Waals surface area contributed by atoms with E-state index >= 15 is 0 Å². The average Bonchev–Trinajstić information content (AvgIpc) is 2.49. The van der Waals surface area contributed by atoms with Crippen LogP contribution in [-0.2, 0) is 6.61 Å². The topological polar surface area (TPSA) is 81.8 Å². The fourth-order valence-electron chi connectivity index (χ4n) is 1.91. The summed E-state index contributed by atoms with van der Waals surface area (Å²) in [7, 11) is 1.46. The second-order valence-electron chi connectivity index (χ2n) is 4.53. The molecule has 0 aromatic heterocycles. The number of nitro benzene ring substituents is 1. The van der Waals surface area contributed by atoms with Gasteiger partial charge in [-0.2, -0.15) is 0 Å². The molecule has 0 amide bonds. The van der Waals surface area contributed by atoms with E-state index in [-0.39, 0.29) is 11.3 Å². The minimum absolute atomic E-state index is 0.167. The van der Waals surface area contributed by atoms with Crippen LogP contribution in [0.5, 0.6) is 11.5 Å². The first-order valence-electron chi connectivity index (χ1n) is 6.83. The lowest BCUT2D eigenvalue weighted by atomic mass is 10.1. The van der Waals surface area contributed by atoms with Crippen molar-refractivity contribution in [3.8, 4) is 11.5 Å². The van der Waals surface area contributed by atoms with Gasteiger partial charge >= 0.3 is 0 Å². The molecule has 0 saturated carbocycles. The molecule has 1 N–H and O–H groups in total. The van der Waals surface area contributed by atoms with Gasteiger partial charge in [-0.15, -0.1) is 6.58 Å². The molecule has 0 heterocycles. The van der Waals surface area contributed by atoms with E-state index in [4.69, 9.17) is 14.6 Å². The van der Waals surface area contributed by atoms with Crippen molar-refractivity contribution in [1.82, 2.24) is 0 Å². The van der Waals surface area contributed by atoms with E-state index in [1.165, 1.54) is 19.2 Å². The van der Waals surface area contributed by atoms with Gasteiger partial charge in [0.2, 0.25) is 0 Å². The van der Waals surface area contributed by atoms with Gasteiger partial charge in [0.15, 0.2) is 11.5 Å². The van der Waals surface area contributed by atoms with Crippen molar-refractivity contribution >= 4 is 5.69 Å². The fourth-order valence-corrected chi connectivity index (χ4v) is 1.91. The number of methoxy groups -OCH3 is 1. The maximum absolute atomic E-state index is 11.0. The molecule has 0 aliphatic carbocycles. The number of allylic oxidation sites excluding steroid dienone is 1. The van der Waals surface area contributed by atoms with Gasteiger partial charge in [-0.05, 0) is 31.7 Å². The highest BCUT2D eigenvalue weighted by molar-refractivity contribution is 5.54. The summed E-state index contributed by atoms with van der Waals surface area (Å²) in [6.07, 6.45) is 5.76. The van der Waals surface area contributed by atoms with Crippen molar-refractivity contribution in [2.75, 3.05) is 13.7 Å². The monoisotopic (exact) mass is 295 g/mol. The highest BCUT2D eigenvalue weighted by Crippen LogP contribution is 2.34. The van der Waals surface area contributed by atoms with Gasteiger partial charge in [0, 0.05) is 0 Å². The largest absolute Gasteiger partial charge is 0.493 e. The molecule has 1 aromatic carbocycles. The molecule has 116 valence electrons. The third-order valence-electron chi connectivity index (χ3n) is 3.04. The zero-order valence-electron chi connectivity index (χ0n) is 12.2. The highest BCUT2D eigenvalue weighted by Gasteiger charge is 2.19. The standard InChI is InChI=1S/C15H21NO5/c1-3-4-5-6-7-8-21-15-10-13(16(18)19)12(11-17)9-14(15)20-2/h3,9-10,17H,1,4-8,11H2,2H3. The molecule has 1 aromatic rings. The lowest BCUT2D eigenvalue weighted by Crippen LogP contribution is -2.03. The summed E-state index contributed by atoms with van der Waals surface area (Å²) in [6.45, 7) is 3.70. The summed E-state index contributed by atoms with van der Waals surface area (Å²) >= 11 is 0. The minimum Gasteiger partial charge on any atom is -0.493 e. The fraction of sp³-hybridized carbons (Fsp3) is 0.467. The minimum atomic E-state index is -0.540. The van der Waals surface area contributed by atoms with E-state index in [9.17, 15) is 10.1 Å². The Balaban J connectivity index is 2.73. The van der Waals surface area contributed by atoms with Gasteiger partial charge in [-0.1, -0.05) is 6.08 Å². The highest BCUT2D eigenvalue weighted by atomic mass is 16.6. The summed E-state index contributed by atoms with van der Waals surface area (Å²) in [5.41, 5.74) is 0.0372. The molecular weight excluding hydrogens is 274 g/mol. The van der Waals surface area contributed by atoms with E-state index in [0.29, 0.717) is 18.1 Å². The van der Waals surface area contributed by atoms with Crippen LogP contribution in [0.15, 0.2) is 24.8 Å². The van der Waals surface area contributed by atoms with Crippen molar-refractivity contribution in [3.05, 3.63) is 40.5 Å². The maximum Gasteiger partial charge on any atom is 0.278 e. The van der Waals surface area contributed by atoms with E-state index in [0.717, 1.165) is 25.7 Å². The van der Waals surface area contributed by atoms with Gasteiger partial charge in [-0.3, -0.25) is 10.1 Å². The first-order chi connectivity index (χ1) is 10.1. The Morgan fingerprint density at radius 2 is 2.10 bits per heavy atom. The number of nitrogens with zero attached hydrogens (tertiary/aromatic N) is 1. The second-order valence-corrected chi connectivity index (χ2v) is 4.53. The van der Waals surface area contributed by atoms with Gasteiger partial charge in [-0.25, -0.2) is 0 Å². The zero-order chi connectivity index (χ0) is 15.7. The second kappa shape index (κ2) is 8.97. The first kappa shape index (κ1) is 17.0. The number of aliphatic hydroxyl groups is 1. The van der Waals surface area contributed by atoms with E-state index in [1.807, 2.05) is 6.08 Å². The van der Waals surface area contributed by atoms with Crippen LogP contribution in [0.2, 0.25) is 0 Å². The first-order valence-corrected chi connectivity index (χ1v) is 6.83. The Labute approximate surface area is 124 Å². The van der Waals surface area contributed by atoms with Gasteiger partial charge in [0.25, 0.3) is 5.69 Å². The van der Waals surface area contributed by atoms with Crippen LogP contribution >= 0.6 is 0 Å². The van der Waals surface area contributed by atoms with Crippen LogP contribution in [0.3, 0.4) is 0 Å². The molecule has 0 radical (unpaired) electrons. The number of unbranched alkanes of at least 4 members (excludes halogenated alkanes) is 3. The van der Waals surface area contributed by atoms with Crippen LogP contribution in [0.4, 0.5) is 5.69 Å². The number of nitro groups is 1. The Hall–Kier alpha value is -2.08. The quantitative estimate of drug-likeness (QED) is 0.310. The third kappa shape index (κ3) is 5.07. The normalized spacial score (nSPS) is 10.2. The number of hydrogen-bond donors (Lipinski definition) is 1. The summed E-state index contributed by atoms with van der Waals surface area (Å²) in [5.74, 6) is 0.709. The van der Waals surface area contributed by atoms with Crippen molar-refractivity contribution in [2.45, 2.75) is 32.3 Å².